The average Bonchev–Trinajstić information content (AvgIpc) is 3.17. The fourth-order valence-electron chi connectivity index (χ4n) is 2.39. The van der Waals surface area contributed by atoms with Gasteiger partial charge in [-0.1, -0.05) is 24.3 Å². The summed E-state index contributed by atoms with van der Waals surface area (Å²) >= 11 is 0. The fourth-order valence-corrected chi connectivity index (χ4v) is 2.39. The molecule has 90 valence electrons. The monoisotopic (exact) mass is 232 g/mol. The smallest absolute Gasteiger partial charge is 0.314 e. The first kappa shape index (κ1) is 10.8. The lowest BCUT2D eigenvalue weighted by Crippen LogP contribution is -2.19. The van der Waals surface area contributed by atoms with E-state index in [1.165, 1.54) is 0 Å². The Hall–Kier alpha value is -1.35. The van der Waals surface area contributed by atoms with Gasteiger partial charge in [-0.25, -0.2) is 0 Å². The van der Waals surface area contributed by atoms with E-state index in [1.807, 2.05) is 24.3 Å². The third-order valence-electron chi connectivity index (χ3n) is 4.03. The molecule has 2 aliphatic carbocycles. The molecule has 3 rings (SSSR count). The highest BCUT2D eigenvalue weighted by Crippen LogP contribution is 2.48. The molecule has 2 aliphatic rings. The molecule has 0 atom stereocenters. The van der Waals surface area contributed by atoms with Crippen molar-refractivity contribution in [2.45, 2.75) is 43.1 Å². The van der Waals surface area contributed by atoms with Crippen LogP contribution in [0.2, 0.25) is 0 Å². The molecule has 17 heavy (non-hydrogen) atoms. The molecule has 0 spiro atoms. The summed E-state index contributed by atoms with van der Waals surface area (Å²) in [5.41, 5.74) is 0.895. The Morgan fingerprint density at radius 2 is 1.71 bits per heavy atom. The summed E-state index contributed by atoms with van der Waals surface area (Å²) < 4.78 is 0. The molecular formula is C14H16O3. The maximum Gasteiger partial charge on any atom is 0.314 e. The number of carboxylic acid groups (broad SMARTS) is 1. The Morgan fingerprint density at radius 3 is 2.12 bits per heavy atom. The third kappa shape index (κ3) is 1.84. The number of rotatable bonds is 4. The first-order valence-electron chi connectivity index (χ1n) is 6.09. The van der Waals surface area contributed by atoms with Crippen LogP contribution in [0.4, 0.5) is 0 Å². The lowest BCUT2D eigenvalue weighted by Gasteiger charge is -2.12. The SMILES string of the molecule is O=C(O)C1(c2ccc(CC3(O)CC3)cc2)CC1. The largest absolute Gasteiger partial charge is 0.481 e. The number of carbonyl (C=O) groups is 1. The Morgan fingerprint density at radius 1 is 1.12 bits per heavy atom. The Labute approximate surface area is 100 Å². The van der Waals surface area contributed by atoms with Gasteiger partial charge in [0, 0.05) is 6.42 Å². The van der Waals surface area contributed by atoms with Crippen LogP contribution >= 0.6 is 0 Å². The zero-order chi connectivity index (χ0) is 12.1. The zero-order valence-corrected chi connectivity index (χ0v) is 9.65. The minimum atomic E-state index is -0.717. The molecule has 3 heteroatoms. The number of carboxylic acids is 1. The van der Waals surface area contributed by atoms with Gasteiger partial charge in [0.15, 0.2) is 0 Å². The predicted molar refractivity (Wildman–Crippen MR) is 62.9 cm³/mol. The Kier molecular flexibility index (Phi) is 2.11. The fraction of sp³-hybridized carbons (Fsp3) is 0.500. The summed E-state index contributed by atoms with van der Waals surface area (Å²) in [6.45, 7) is 0. The minimum absolute atomic E-state index is 0.481. The van der Waals surface area contributed by atoms with Crippen molar-refractivity contribution in [3.8, 4) is 0 Å². The highest BCUT2D eigenvalue weighted by Gasteiger charge is 2.51. The summed E-state index contributed by atoms with van der Waals surface area (Å²) in [6, 6.07) is 7.72. The molecule has 0 aromatic heterocycles. The van der Waals surface area contributed by atoms with Crippen molar-refractivity contribution in [1.82, 2.24) is 0 Å². The molecule has 0 aliphatic heterocycles. The summed E-state index contributed by atoms with van der Waals surface area (Å²) in [4.78, 5) is 11.2. The third-order valence-corrected chi connectivity index (χ3v) is 4.03. The molecule has 2 saturated carbocycles. The van der Waals surface area contributed by atoms with Crippen LogP contribution in [0, 0.1) is 0 Å². The lowest BCUT2D eigenvalue weighted by atomic mass is 9.94. The van der Waals surface area contributed by atoms with Gasteiger partial charge in [0.25, 0.3) is 0 Å². The van der Waals surface area contributed by atoms with E-state index >= 15 is 0 Å². The number of aliphatic hydroxyl groups is 1. The maximum atomic E-state index is 11.2. The molecule has 1 aromatic rings. The number of hydrogen-bond donors (Lipinski definition) is 2. The Bertz CT molecular complexity index is 453. The first-order chi connectivity index (χ1) is 8.04. The number of benzene rings is 1. The van der Waals surface area contributed by atoms with Crippen molar-refractivity contribution >= 4 is 5.97 Å². The Balaban J connectivity index is 1.78. The minimum Gasteiger partial charge on any atom is -0.481 e. The maximum absolute atomic E-state index is 11.2. The molecule has 0 bridgehead atoms. The van der Waals surface area contributed by atoms with E-state index in [1.54, 1.807) is 0 Å². The topological polar surface area (TPSA) is 57.5 Å². The molecule has 0 amide bonds. The van der Waals surface area contributed by atoms with Gasteiger partial charge in [-0.3, -0.25) is 4.79 Å². The summed E-state index contributed by atoms with van der Waals surface area (Å²) in [5.74, 6) is -0.717. The van der Waals surface area contributed by atoms with Crippen LogP contribution in [-0.4, -0.2) is 21.8 Å². The van der Waals surface area contributed by atoms with Crippen molar-refractivity contribution in [1.29, 1.82) is 0 Å². The number of aliphatic carboxylic acids is 1. The van der Waals surface area contributed by atoms with Crippen LogP contribution in [-0.2, 0) is 16.6 Å². The van der Waals surface area contributed by atoms with Gasteiger partial charge in [0.05, 0.1) is 11.0 Å². The molecule has 2 N–H and O–H groups in total. The zero-order valence-electron chi connectivity index (χ0n) is 9.65. The van der Waals surface area contributed by atoms with Crippen LogP contribution in [0.1, 0.15) is 36.8 Å². The summed E-state index contributed by atoms with van der Waals surface area (Å²) in [7, 11) is 0. The second-order valence-corrected chi connectivity index (χ2v) is 5.49. The van der Waals surface area contributed by atoms with Crippen LogP contribution in [0.15, 0.2) is 24.3 Å². The highest BCUT2D eigenvalue weighted by atomic mass is 16.4. The van der Waals surface area contributed by atoms with Crippen molar-refractivity contribution in [3.63, 3.8) is 0 Å². The number of hydrogen-bond acceptors (Lipinski definition) is 2. The van der Waals surface area contributed by atoms with Crippen LogP contribution in [0.25, 0.3) is 0 Å². The lowest BCUT2D eigenvalue weighted by molar-refractivity contribution is -0.140. The molecule has 3 nitrogen and oxygen atoms in total. The van der Waals surface area contributed by atoms with E-state index in [0.29, 0.717) is 6.42 Å². The second kappa shape index (κ2) is 3.33. The summed E-state index contributed by atoms with van der Waals surface area (Å²) in [5, 5.41) is 19.0. The standard InChI is InChI=1S/C14H16O3/c15-12(16)14(7-8-14)11-3-1-10(2-4-11)9-13(17)5-6-13/h1-4,17H,5-9H2,(H,15,16). The van der Waals surface area contributed by atoms with Crippen LogP contribution in [0.3, 0.4) is 0 Å². The van der Waals surface area contributed by atoms with Gasteiger partial charge in [-0.05, 0) is 36.8 Å². The molecular weight excluding hydrogens is 216 g/mol. The van der Waals surface area contributed by atoms with E-state index in [0.717, 1.165) is 36.8 Å². The quantitative estimate of drug-likeness (QED) is 0.833. The van der Waals surface area contributed by atoms with Gasteiger partial charge < -0.3 is 10.2 Å². The predicted octanol–water partition coefficient (Wildman–Crippen LogP) is 1.87. The van der Waals surface area contributed by atoms with Gasteiger partial charge >= 0.3 is 5.97 Å². The first-order valence-corrected chi connectivity index (χ1v) is 6.09. The molecule has 0 unspecified atom stereocenters. The van der Waals surface area contributed by atoms with Gasteiger partial charge in [-0.15, -0.1) is 0 Å². The van der Waals surface area contributed by atoms with Crippen molar-refractivity contribution in [2.24, 2.45) is 0 Å². The van der Waals surface area contributed by atoms with Gasteiger partial charge in [0.1, 0.15) is 0 Å². The van der Waals surface area contributed by atoms with Gasteiger partial charge in [0.2, 0.25) is 0 Å². The molecule has 0 heterocycles. The van der Waals surface area contributed by atoms with E-state index in [4.69, 9.17) is 0 Å². The normalized spacial score (nSPS) is 23.1. The van der Waals surface area contributed by atoms with E-state index < -0.39 is 17.0 Å². The molecule has 1 aromatic carbocycles. The molecule has 0 radical (unpaired) electrons. The van der Waals surface area contributed by atoms with Crippen molar-refractivity contribution in [2.75, 3.05) is 0 Å². The highest BCUT2D eigenvalue weighted by molar-refractivity contribution is 5.84. The molecule has 2 fully saturated rings. The van der Waals surface area contributed by atoms with Crippen molar-refractivity contribution in [3.05, 3.63) is 35.4 Å². The second-order valence-electron chi connectivity index (χ2n) is 5.49. The van der Waals surface area contributed by atoms with E-state index in [2.05, 4.69) is 0 Å². The molecule has 0 saturated heterocycles. The van der Waals surface area contributed by atoms with E-state index in [9.17, 15) is 15.0 Å². The van der Waals surface area contributed by atoms with Crippen LogP contribution in [0.5, 0.6) is 0 Å². The summed E-state index contributed by atoms with van der Waals surface area (Å²) in [6.07, 6.45) is 3.94. The van der Waals surface area contributed by atoms with Crippen LogP contribution < -0.4 is 0 Å². The van der Waals surface area contributed by atoms with Gasteiger partial charge in [-0.2, -0.15) is 0 Å². The van der Waals surface area contributed by atoms with Crippen molar-refractivity contribution < 1.29 is 15.0 Å². The van der Waals surface area contributed by atoms with E-state index in [-0.39, 0.29) is 0 Å². The average molecular weight is 232 g/mol.